The number of amides is 1. The van der Waals surface area contributed by atoms with Gasteiger partial charge in [-0.05, 0) is 38.6 Å². The average Bonchev–Trinajstić information content (AvgIpc) is 3.00. The Morgan fingerprint density at radius 1 is 1.48 bits per heavy atom. The van der Waals surface area contributed by atoms with Gasteiger partial charge < -0.3 is 15.2 Å². The van der Waals surface area contributed by atoms with E-state index in [0.29, 0.717) is 18.3 Å². The molecule has 1 saturated heterocycles. The number of hydrogen-bond donors (Lipinski definition) is 2. The molecule has 3 rings (SSSR count). The topological polar surface area (TPSA) is 89.2 Å². The summed E-state index contributed by atoms with van der Waals surface area (Å²) >= 11 is 0. The summed E-state index contributed by atoms with van der Waals surface area (Å²) in [5, 5.41) is 17.1. The van der Waals surface area contributed by atoms with Crippen molar-refractivity contribution in [3.8, 4) is 0 Å². The van der Waals surface area contributed by atoms with Crippen LogP contribution in [0.1, 0.15) is 48.6 Å². The van der Waals surface area contributed by atoms with Gasteiger partial charge in [-0.3, -0.25) is 14.9 Å². The summed E-state index contributed by atoms with van der Waals surface area (Å²) in [6.07, 6.45) is 6.69. The first kappa shape index (κ1) is 14.1. The first-order valence-electron chi connectivity index (χ1n) is 7.53. The molecule has 1 aliphatic heterocycles. The Morgan fingerprint density at radius 2 is 2.29 bits per heavy atom. The molecule has 21 heavy (non-hydrogen) atoms. The molecule has 0 aromatic carbocycles. The van der Waals surface area contributed by atoms with Crippen LogP contribution in [-0.2, 0) is 0 Å². The first-order valence-corrected chi connectivity index (χ1v) is 7.53. The molecule has 0 spiro atoms. The summed E-state index contributed by atoms with van der Waals surface area (Å²) in [5.74, 6) is -0.215. The summed E-state index contributed by atoms with van der Waals surface area (Å²) in [5.41, 5.74) is 0.396. The van der Waals surface area contributed by atoms with Crippen LogP contribution in [-0.4, -0.2) is 34.5 Å². The van der Waals surface area contributed by atoms with E-state index in [1.165, 1.54) is 18.7 Å². The van der Waals surface area contributed by atoms with Crippen LogP contribution in [0.2, 0.25) is 0 Å². The van der Waals surface area contributed by atoms with E-state index < -0.39 is 4.92 Å². The van der Waals surface area contributed by atoms with Crippen LogP contribution in [0.25, 0.3) is 0 Å². The van der Waals surface area contributed by atoms with Crippen molar-refractivity contribution in [3.63, 3.8) is 0 Å². The highest BCUT2D eigenvalue weighted by Gasteiger charge is 2.30. The Labute approximate surface area is 122 Å². The predicted molar refractivity (Wildman–Crippen MR) is 77.3 cm³/mol. The third kappa shape index (κ3) is 3.24. The van der Waals surface area contributed by atoms with Gasteiger partial charge in [0.25, 0.3) is 11.6 Å². The number of aromatic nitrogens is 1. The molecular formula is C14H20N4O3. The molecule has 2 aliphatic rings. The molecule has 2 heterocycles. The fourth-order valence-electron chi connectivity index (χ4n) is 2.85. The number of carbonyl (C=O) groups excluding carboxylic acids is 1. The van der Waals surface area contributed by atoms with Crippen LogP contribution >= 0.6 is 0 Å². The summed E-state index contributed by atoms with van der Waals surface area (Å²) in [7, 11) is 0. The zero-order valence-corrected chi connectivity index (χ0v) is 11.9. The fraction of sp³-hybridized carbons (Fsp3) is 0.643. The number of hydrogen-bond acceptors (Lipinski definition) is 4. The lowest BCUT2D eigenvalue weighted by atomic mass is 10.1. The molecule has 0 bridgehead atoms. The summed E-state index contributed by atoms with van der Waals surface area (Å²) in [6, 6.07) is 2.10. The van der Waals surface area contributed by atoms with E-state index in [-0.39, 0.29) is 17.6 Å². The molecule has 2 N–H and O–H groups in total. The second kappa shape index (κ2) is 5.85. The van der Waals surface area contributed by atoms with Crippen molar-refractivity contribution in [2.24, 2.45) is 0 Å². The standard InChI is InChI=1S/C14H20N4O3/c19-14(16-7-5-10-2-1-6-15-10)13-8-12(18(20)21)9-17(13)11-3-4-11/h8-11,15H,1-7H2,(H,16,19)/t10-/m1/s1. The van der Waals surface area contributed by atoms with E-state index in [0.717, 1.165) is 32.2 Å². The van der Waals surface area contributed by atoms with Gasteiger partial charge in [-0.1, -0.05) is 0 Å². The van der Waals surface area contributed by atoms with Crippen LogP contribution in [0, 0.1) is 10.1 Å². The van der Waals surface area contributed by atoms with Gasteiger partial charge in [0.15, 0.2) is 0 Å². The minimum atomic E-state index is -0.446. The maximum absolute atomic E-state index is 12.2. The van der Waals surface area contributed by atoms with Crippen LogP contribution in [0.4, 0.5) is 5.69 Å². The fourth-order valence-corrected chi connectivity index (χ4v) is 2.85. The molecule has 1 aromatic rings. The van der Waals surface area contributed by atoms with Crippen LogP contribution in [0.15, 0.2) is 12.3 Å². The largest absolute Gasteiger partial charge is 0.351 e. The Bertz CT molecular complexity index is 544. The molecule has 0 unspecified atom stereocenters. The molecule has 1 aliphatic carbocycles. The van der Waals surface area contributed by atoms with Crippen LogP contribution in [0.5, 0.6) is 0 Å². The smallest absolute Gasteiger partial charge is 0.287 e. The molecule has 1 amide bonds. The third-order valence-corrected chi connectivity index (χ3v) is 4.16. The van der Waals surface area contributed by atoms with Crippen molar-refractivity contribution in [3.05, 3.63) is 28.1 Å². The Morgan fingerprint density at radius 3 is 2.90 bits per heavy atom. The van der Waals surface area contributed by atoms with Gasteiger partial charge >= 0.3 is 0 Å². The maximum atomic E-state index is 12.2. The third-order valence-electron chi connectivity index (χ3n) is 4.16. The minimum Gasteiger partial charge on any atom is -0.351 e. The second-order valence-electron chi connectivity index (χ2n) is 5.82. The molecule has 7 nitrogen and oxygen atoms in total. The van der Waals surface area contributed by atoms with Gasteiger partial charge in [0.05, 0.1) is 11.1 Å². The van der Waals surface area contributed by atoms with Crippen molar-refractivity contribution in [2.75, 3.05) is 13.1 Å². The predicted octanol–water partition coefficient (Wildman–Crippen LogP) is 1.60. The van der Waals surface area contributed by atoms with Crippen molar-refractivity contribution >= 4 is 11.6 Å². The highest BCUT2D eigenvalue weighted by molar-refractivity contribution is 5.93. The molecular weight excluding hydrogens is 272 g/mol. The zero-order chi connectivity index (χ0) is 14.8. The van der Waals surface area contributed by atoms with E-state index in [1.54, 1.807) is 4.57 Å². The molecule has 0 radical (unpaired) electrons. The van der Waals surface area contributed by atoms with E-state index in [1.807, 2.05) is 0 Å². The Hall–Kier alpha value is -1.89. The highest BCUT2D eigenvalue weighted by atomic mass is 16.6. The van der Waals surface area contributed by atoms with Crippen LogP contribution in [0.3, 0.4) is 0 Å². The number of rotatable bonds is 6. The van der Waals surface area contributed by atoms with Gasteiger partial charge in [-0.15, -0.1) is 0 Å². The first-order chi connectivity index (χ1) is 10.1. The molecule has 1 atom stereocenters. The molecule has 1 aromatic heterocycles. The minimum absolute atomic E-state index is 0.00971. The number of nitro groups is 1. The number of nitrogens with one attached hydrogen (secondary N) is 2. The summed E-state index contributed by atoms with van der Waals surface area (Å²) in [4.78, 5) is 22.7. The second-order valence-corrected chi connectivity index (χ2v) is 5.82. The lowest BCUT2D eigenvalue weighted by Crippen LogP contribution is -2.31. The van der Waals surface area contributed by atoms with Gasteiger partial charge in [-0.25, -0.2) is 0 Å². The van der Waals surface area contributed by atoms with E-state index in [4.69, 9.17) is 0 Å². The van der Waals surface area contributed by atoms with Gasteiger partial charge in [-0.2, -0.15) is 0 Å². The zero-order valence-electron chi connectivity index (χ0n) is 11.9. The summed E-state index contributed by atoms with van der Waals surface area (Å²) < 4.78 is 1.75. The Kier molecular flexibility index (Phi) is 3.92. The number of nitrogens with zero attached hydrogens (tertiary/aromatic N) is 2. The molecule has 2 fully saturated rings. The normalized spacial score (nSPS) is 21.4. The SMILES string of the molecule is O=C(NCC[C@H]1CCCN1)c1cc([N+](=O)[O-])cn1C1CC1. The quantitative estimate of drug-likeness (QED) is 0.615. The van der Waals surface area contributed by atoms with Crippen molar-refractivity contribution in [2.45, 2.75) is 44.2 Å². The van der Waals surface area contributed by atoms with Gasteiger partial charge in [0, 0.05) is 24.7 Å². The van der Waals surface area contributed by atoms with Gasteiger partial charge in [0.2, 0.25) is 0 Å². The summed E-state index contributed by atoms with van der Waals surface area (Å²) in [6.45, 7) is 1.65. The Balaban J connectivity index is 1.61. The molecule has 7 heteroatoms. The van der Waals surface area contributed by atoms with Crippen LogP contribution < -0.4 is 10.6 Å². The lowest BCUT2D eigenvalue weighted by molar-refractivity contribution is -0.384. The molecule has 114 valence electrons. The van der Waals surface area contributed by atoms with E-state index in [9.17, 15) is 14.9 Å². The maximum Gasteiger partial charge on any atom is 0.287 e. The van der Waals surface area contributed by atoms with Gasteiger partial charge in [0.1, 0.15) is 5.69 Å². The average molecular weight is 292 g/mol. The molecule has 1 saturated carbocycles. The van der Waals surface area contributed by atoms with E-state index in [2.05, 4.69) is 10.6 Å². The monoisotopic (exact) mass is 292 g/mol. The van der Waals surface area contributed by atoms with Crippen molar-refractivity contribution in [1.82, 2.24) is 15.2 Å². The lowest BCUT2D eigenvalue weighted by Gasteiger charge is -2.11. The van der Waals surface area contributed by atoms with E-state index >= 15 is 0 Å². The number of carbonyl (C=O) groups is 1. The highest BCUT2D eigenvalue weighted by Crippen LogP contribution is 2.37. The van der Waals surface area contributed by atoms with Crippen molar-refractivity contribution in [1.29, 1.82) is 0 Å². The van der Waals surface area contributed by atoms with Crippen molar-refractivity contribution < 1.29 is 9.72 Å².